The van der Waals surface area contributed by atoms with Gasteiger partial charge in [-0.25, -0.2) is 4.68 Å². The molecule has 144 valence electrons. The lowest BCUT2D eigenvalue weighted by atomic mass is 10.2. The van der Waals surface area contributed by atoms with Crippen LogP contribution in [0.15, 0.2) is 59.4 Å². The van der Waals surface area contributed by atoms with E-state index < -0.39 is 11.3 Å². The molecule has 0 bridgehead atoms. The summed E-state index contributed by atoms with van der Waals surface area (Å²) in [6, 6.07) is 15.6. The Labute approximate surface area is 162 Å². The molecule has 0 radical (unpaired) electrons. The predicted molar refractivity (Wildman–Crippen MR) is 107 cm³/mol. The van der Waals surface area contributed by atoms with Crippen LogP contribution in [0.2, 0.25) is 0 Å². The zero-order chi connectivity index (χ0) is 20.1. The van der Waals surface area contributed by atoms with Crippen molar-refractivity contribution in [1.29, 1.82) is 0 Å². The summed E-state index contributed by atoms with van der Waals surface area (Å²) in [4.78, 5) is 25.1. The molecule has 7 heteroatoms. The van der Waals surface area contributed by atoms with E-state index in [4.69, 9.17) is 9.47 Å². The maximum absolute atomic E-state index is 12.6. The molecule has 7 nitrogen and oxygen atoms in total. The highest BCUT2D eigenvalue weighted by atomic mass is 16.5. The zero-order valence-corrected chi connectivity index (χ0v) is 15.9. The van der Waals surface area contributed by atoms with E-state index in [-0.39, 0.29) is 11.6 Å². The summed E-state index contributed by atoms with van der Waals surface area (Å²) in [6.07, 6.45) is 0. The second-order valence-corrected chi connectivity index (χ2v) is 6.06. The van der Waals surface area contributed by atoms with E-state index in [1.807, 2.05) is 38.1 Å². The van der Waals surface area contributed by atoms with Crippen molar-refractivity contribution in [2.45, 2.75) is 13.8 Å². The molecule has 2 aromatic carbocycles. The van der Waals surface area contributed by atoms with Gasteiger partial charge in [0.05, 0.1) is 25.5 Å². The third-order valence-corrected chi connectivity index (χ3v) is 4.03. The Balaban J connectivity index is 1.97. The van der Waals surface area contributed by atoms with Crippen LogP contribution >= 0.6 is 0 Å². The molecule has 1 aromatic heterocycles. The molecule has 0 saturated carbocycles. The fraction of sp³-hybridized carbons (Fsp3) is 0.190. The number of carbonyl (C=O) groups excluding carboxylic acids is 1. The van der Waals surface area contributed by atoms with Gasteiger partial charge in [0.15, 0.2) is 5.69 Å². The summed E-state index contributed by atoms with van der Waals surface area (Å²) < 4.78 is 12.1. The first kappa shape index (κ1) is 19.2. The maximum atomic E-state index is 12.6. The highest BCUT2D eigenvalue weighted by Gasteiger charge is 2.17. The molecule has 0 atom stereocenters. The van der Waals surface area contributed by atoms with Gasteiger partial charge in [-0.2, -0.15) is 5.10 Å². The van der Waals surface area contributed by atoms with Gasteiger partial charge in [-0.1, -0.05) is 17.7 Å². The highest BCUT2D eigenvalue weighted by Crippen LogP contribution is 2.18. The fourth-order valence-electron chi connectivity index (χ4n) is 2.58. The Kier molecular flexibility index (Phi) is 5.74. The zero-order valence-electron chi connectivity index (χ0n) is 15.9. The molecule has 3 rings (SSSR count). The molecule has 0 aliphatic carbocycles. The monoisotopic (exact) mass is 379 g/mol. The van der Waals surface area contributed by atoms with Crippen LogP contribution in [0, 0.1) is 6.92 Å². The van der Waals surface area contributed by atoms with Crippen molar-refractivity contribution >= 4 is 11.6 Å². The standard InChI is InChI=1S/C21H21N3O4/c1-4-28-19-13-18(25)20(23-24(19)16-9-5-14(2)6-10-16)21(26)22-15-7-11-17(27-3)12-8-15/h5-13H,4H2,1-3H3,(H,22,26). The Morgan fingerprint density at radius 2 is 1.79 bits per heavy atom. The van der Waals surface area contributed by atoms with Gasteiger partial charge in [0, 0.05) is 5.69 Å². The third-order valence-electron chi connectivity index (χ3n) is 4.03. The number of amides is 1. The number of hydrogen-bond donors (Lipinski definition) is 1. The summed E-state index contributed by atoms with van der Waals surface area (Å²) in [5.74, 6) is 0.343. The summed E-state index contributed by atoms with van der Waals surface area (Å²) in [5, 5.41) is 6.94. The predicted octanol–water partition coefficient (Wildman–Crippen LogP) is 3.20. The van der Waals surface area contributed by atoms with Crippen molar-refractivity contribution in [3.63, 3.8) is 0 Å². The molecule has 0 aliphatic heterocycles. The minimum atomic E-state index is -0.598. The molecule has 0 aliphatic rings. The number of nitrogens with zero attached hydrogens (tertiary/aromatic N) is 2. The molecular weight excluding hydrogens is 358 g/mol. The second kappa shape index (κ2) is 8.39. The van der Waals surface area contributed by atoms with E-state index in [0.29, 0.717) is 23.7 Å². The molecule has 28 heavy (non-hydrogen) atoms. The third kappa shape index (κ3) is 4.20. The van der Waals surface area contributed by atoms with Crippen LogP contribution in [0.4, 0.5) is 5.69 Å². The number of ether oxygens (including phenoxy) is 2. The summed E-state index contributed by atoms with van der Waals surface area (Å²) >= 11 is 0. The van der Waals surface area contributed by atoms with Gasteiger partial charge in [-0.3, -0.25) is 9.59 Å². The topological polar surface area (TPSA) is 82.5 Å². The minimum absolute atomic E-state index is 0.222. The number of nitrogens with one attached hydrogen (secondary N) is 1. The van der Waals surface area contributed by atoms with Crippen LogP contribution in [0.5, 0.6) is 11.6 Å². The average molecular weight is 379 g/mol. The van der Waals surface area contributed by atoms with Gasteiger partial charge >= 0.3 is 0 Å². The van der Waals surface area contributed by atoms with Crippen LogP contribution in [0.25, 0.3) is 5.69 Å². The first-order valence-corrected chi connectivity index (χ1v) is 8.81. The Bertz CT molecular complexity index is 1030. The smallest absolute Gasteiger partial charge is 0.280 e. The summed E-state index contributed by atoms with van der Waals surface area (Å²) in [7, 11) is 1.56. The lowest BCUT2D eigenvalue weighted by Crippen LogP contribution is -2.26. The van der Waals surface area contributed by atoms with E-state index in [1.165, 1.54) is 10.7 Å². The average Bonchev–Trinajstić information content (AvgIpc) is 2.70. The van der Waals surface area contributed by atoms with Crippen LogP contribution < -0.4 is 20.2 Å². The normalized spacial score (nSPS) is 10.4. The lowest BCUT2D eigenvalue weighted by molar-refractivity contribution is 0.101. The van der Waals surface area contributed by atoms with E-state index >= 15 is 0 Å². The molecule has 1 amide bonds. The van der Waals surface area contributed by atoms with Gasteiger partial charge in [0.2, 0.25) is 11.3 Å². The Morgan fingerprint density at radius 3 is 2.39 bits per heavy atom. The van der Waals surface area contributed by atoms with Gasteiger partial charge in [-0.15, -0.1) is 0 Å². The van der Waals surface area contributed by atoms with Crippen molar-refractivity contribution in [2.75, 3.05) is 19.0 Å². The first-order chi connectivity index (χ1) is 13.5. The Hall–Kier alpha value is -3.61. The van der Waals surface area contributed by atoms with Crippen molar-refractivity contribution in [3.8, 4) is 17.3 Å². The number of aromatic nitrogens is 2. The molecule has 1 N–H and O–H groups in total. The van der Waals surface area contributed by atoms with E-state index in [1.54, 1.807) is 31.4 Å². The van der Waals surface area contributed by atoms with Crippen LogP contribution in [-0.2, 0) is 0 Å². The quantitative estimate of drug-likeness (QED) is 0.711. The van der Waals surface area contributed by atoms with Crippen molar-refractivity contribution in [2.24, 2.45) is 0 Å². The van der Waals surface area contributed by atoms with Gasteiger partial charge in [0.25, 0.3) is 5.91 Å². The molecule has 1 heterocycles. The van der Waals surface area contributed by atoms with Crippen molar-refractivity contribution < 1.29 is 14.3 Å². The number of rotatable bonds is 6. The van der Waals surface area contributed by atoms with E-state index in [2.05, 4.69) is 10.4 Å². The highest BCUT2D eigenvalue weighted by molar-refractivity contribution is 6.02. The number of anilines is 1. The summed E-state index contributed by atoms with van der Waals surface area (Å²) in [5.41, 5.74) is 1.56. The molecule has 0 saturated heterocycles. The largest absolute Gasteiger partial charge is 0.497 e. The van der Waals surface area contributed by atoms with Crippen LogP contribution in [0.3, 0.4) is 0 Å². The fourth-order valence-corrected chi connectivity index (χ4v) is 2.58. The van der Waals surface area contributed by atoms with Crippen LogP contribution in [0.1, 0.15) is 23.0 Å². The SMILES string of the molecule is CCOc1cc(=O)c(C(=O)Nc2ccc(OC)cc2)nn1-c1ccc(C)cc1. The molecular formula is C21H21N3O4. The van der Waals surface area contributed by atoms with E-state index in [9.17, 15) is 9.59 Å². The number of methoxy groups -OCH3 is 1. The van der Waals surface area contributed by atoms with Crippen LogP contribution in [-0.4, -0.2) is 29.4 Å². The molecule has 0 spiro atoms. The van der Waals surface area contributed by atoms with E-state index in [0.717, 1.165) is 5.56 Å². The van der Waals surface area contributed by atoms with Crippen molar-refractivity contribution in [3.05, 3.63) is 76.1 Å². The van der Waals surface area contributed by atoms with Gasteiger partial charge in [0.1, 0.15) is 5.75 Å². The first-order valence-electron chi connectivity index (χ1n) is 8.81. The van der Waals surface area contributed by atoms with Crippen molar-refractivity contribution in [1.82, 2.24) is 9.78 Å². The second-order valence-electron chi connectivity index (χ2n) is 6.06. The summed E-state index contributed by atoms with van der Waals surface area (Å²) in [6.45, 7) is 4.15. The number of aryl methyl sites for hydroxylation is 1. The van der Waals surface area contributed by atoms with Gasteiger partial charge < -0.3 is 14.8 Å². The molecule has 3 aromatic rings. The Morgan fingerprint density at radius 1 is 1.11 bits per heavy atom. The van der Waals surface area contributed by atoms with Gasteiger partial charge in [-0.05, 0) is 50.2 Å². The maximum Gasteiger partial charge on any atom is 0.280 e. The molecule has 0 unspecified atom stereocenters. The minimum Gasteiger partial charge on any atom is -0.497 e. The number of benzene rings is 2. The number of carbonyl (C=O) groups is 1. The lowest BCUT2D eigenvalue weighted by Gasteiger charge is -2.14. The molecule has 0 fully saturated rings. The number of hydrogen-bond acceptors (Lipinski definition) is 5.